The van der Waals surface area contributed by atoms with Gasteiger partial charge in [-0.1, -0.05) is 18.6 Å². The summed E-state index contributed by atoms with van der Waals surface area (Å²) < 4.78 is 0. The standard InChI is InChI=1S/C14H19N3O2/c1-11-12(6-5-7-13(11)17(18)19)10-16-14-8-3-2-4-9-15-14/h5-7H,2-4,8-10H2,1H3,(H,15,16). The van der Waals surface area contributed by atoms with Crippen molar-refractivity contribution in [2.24, 2.45) is 4.99 Å². The third-order valence-corrected chi connectivity index (χ3v) is 3.47. The molecule has 102 valence electrons. The molecule has 1 aromatic carbocycles. The summed E-state index contributed by atoms with van der Waals surface area (Å²) in [5.41, 5.74) is 1.87. The number of hydrogen-bond acceptors (Lipinski definition) is 4. The zero-order chi connectivity index (χ0) is 13.7. The Hall–Kier alpha value is -1.91. The van der Waals surface area contributed by atoms with E-state index < -0.39 is 0 Å². The molecular weight excluding hydrogens is 242 g/mol. The number of nitrogens with one attached hydrogen (secondary N) is 1. The van der Waals surface area contributed by atoms with Crippen molar-refractivity contribution in [2.75, 3.05) is 6.54 Å². The number of rotatable bonds is 3. The molecule has 0 unspecified atom stereocenters. The predicted octanol–water partition coefficient (Wildman–Crippen LogP) is 2.97. The molecule has 0 saturated heterocycles. The van der Waals surface area contributed by atoms with Gasteiger partial charge in [-0.2, -0.15) is 0 Å². The number of amidine groups is 1. The molecule has 1 aliphatic heterocycles. The summed E-state index contributed by atoms with van der Waals surface area (Å²) in [6, 6.07) is 5.20. The van der Waals surface area contributed by atoms with Gasteiger partial charge in [-0.25, -0.2) is 0 Å². The van der Waals surface area contributed by atoms with E-state index in [1.165, 1.54) is 12.8 Å². The summed E-state index contributed by atoms with van der Waals surface area (Å²) in [6.07, 6.45) is 4.53. The predicted molar refractivity (Wildman–Crippen MR) is 75.4 cm³/mol. The fourth-order valence-corrected chi connectivity index (χ4v) is 2.27. The van der Waals surface area contributed by atoms with Crippen molar-refractivity contribution in [3.8, 4) is 0 Å². The topological polar surface area (TPSA) is 67.5 Å². The Morgan fingerprint density at radius 1 is 1.37 bits per heavy atom. The van der Waals surface area contributed by atoms with E-state index in [4.69, 9.17) is 0 Å². The Bertz CT molecular complexity index is 497. The maximum absolute atomic E-state index is 10.9. The minimum absolute atomic E-state index is 0.183. The van der Waals surface area contributed by atoms with Gasteiger partial charge in [0.15, 0.2) is 0 Å². The summed E-state index contributed by atoms with van der Waals surface area (Å²) in [7, 11) is 0. The zero-order valence-electron chi connectivity index (χ0n) is 11.2. The smallest absolute Gasteiger partial charge is 0.272 e. The Morgan fingerprint density at radius 3 is 3.00 bits per heavy atom. The molecule has 0 atom stereocenters. The third-order valence-electron chi connectivity index (χ3n) is 3.47. The molecule has 19 heavy (non-hydrogen) atoms. The molecule has 0 fully saturated rings. The highest BCUT2D eigenvalue weighted by molar-refractivity contribution is 5.82. The Kier molecular flexibility index (Phi) is 4.49. The lowest BCUT2D eigenvalue weighted by atomic mass is 10.1. The lowest BCUT2D eigenvalue weighted by Crippen LogP contribution is -2.23. The van der Waals surface area contributed by atoms with Crippen LogP contribution in [0.5, 0.6) is 0 Å². The quantitative estimate of drug-likeness (QED) is 0.672. The van der Waals surface area contributed by atoms with Crippen molar-refractivity contribution in [2.45, 2.75) is 39.2 Å². The molecule has 0 aliphatic carbocycles. The van der Waals surface area contributed by atoms with Crippen LogP contribution in [0.2, 0.25) is 0 Å². The normalized spacial score (nSPS) is 15.5. The van der Waals surface area contributed by atoms with Crippen molar-refractivity contribution in [1.29, 1.82) is 0 Å². The summed E-state index contributed by atoms with van der Waals surface area (Å²) in [5, 5.41) is 14.2. The first-order chi connectivity index (χ1) is 9.18. The van der Waals surface area contributed by atoms with Crippen LogP contribution >= 0.6 is 0 Å². The summed E-state index contributed by atoms with van der Waals surface area (Å²) in [6.45, 7) is 3.28. The third kappa shape index (κ3) is 3.53. The monoisotopic (exact) mass is 261 g/mol. The minimum Gasteiger partial charge on any atom is -0.370 e. The molecule has 1 aliphatic rings. The van der Waals surface area contributed by atoms with Gasteiger partial charge in [0.1, 0.15) is 0 Å². The molecule has 5 heteroatoms. The highest BCUT2D eigenvalue weighted by atomic mass is 16.6. The number of hydrogen-bond donors (Lipinski definition) is 1. The van der Waals surface area contributed by atoms with E-state index in [1.54, 1.807) is 19.1 Å². The molecule has 0 saturated carbocycles. The Labute approximate surface area is 112 Å². The van der Waals surface area contributed by atoms with Crippen LogP contribution in [0.3, 0.4) is 0 Å². The van der Waals surface area contributed by atoms with Crippen LogP contribution in [-0.4, -0.2) is 17.3 Å². The fourth-order valence-electron chi connectivity index (χ4n) is 2.27. The molecule has 2 rings (SSSR count). The van der Waals surface area contributed by atoms with E-state index in [9.17, 15) is 10.1 Å². The van der Waals surface area contributed by atoms with Gasteiger partial charge >= 0.3 is 0 Å². The van der Waals surface area contributed by atoms with E-state index in [-0.39, 0.29) is 10.6 Å². The first kappa shape index (κ1) is 13.5. The van der Waals surface area contributed by atoms with Crippen molar-refractivity contribution in [3.63, 3.8) is 0 Å². The van der Waals surface area contributed by atoms with Crippen LogP contribution in [0, 0.1) is 17.0 Å². The number of benzene rings is 1. The van der Waals surface area contributed by atoms with Crippen LogP contribution in [0.1, 0.15) is 36.8 Å². The first-order valence-corrected chi connectivity index (χ1v) is 6.68. The maximum atomic E-state index is 10.9. The summed E-state index contributed by atoms with van der Waals surface area (Å²) >= 11 is 0. The van der Waals surface area contributed by atoms with Crippen LogP contribution in [0.15, 0.2) is 23.2 Å². The van der Waals surface area contributed by atoms with Gasteiger partial charge in [0.25, 0.3) is 5.69 Å². The minimum atomic E-state index is -0.331. The van der Waals surface area contributed by atoms with Gasteiger partial charge < -0.3 is 5.32 Å². The zero-order valence-corrected chi connectivity index (χ0v) is 11.2. The van der Waals surface area contributed by atoms with Crippen molar-refractivity contribution < 1.29 is 4.92 Å². The van der Waals surface area contributed by atoms with Gasteiger partial charge in [0.05, 0.1) is 10.8 Å². The SMILES string of the molecule is Cc1c(CNC2=NCCCCC2)cccc1[N+](=O)[O-]. The molecule has 5 nitrogen and oxygen atoms in total. The number of nitro groups is 1. The van der Waals surface area contributed by atoms with Crippen LogP contribution in [0.4, 0.5) is 5.69 Å². The van der Waals surface area contributed by atoms with Crippen LogP contribution < -0.4 is 5.32 Å². The van der Waals surface area contributed by atoms with Gasteiger partial charge in [0.2, 0.25) is 0 Å². The molecule has 0 amide bonds. The molecule has 0 radical (unpaired) electrons. The van der Waals surface area contributed by atoms with Gasteiger partial charge in [0, 0.05) is 31.1 Å². The second-order valence-electron chi connectivity index (χ2n) is 4.81. The fraction of sp³-hybridized carbons (Fsp3) is 0.500. The molecule has 1 heterocycles. The van der Waals surface area contributed by atoms with E-state index in [0.29, 0.717) is 6.54 Å². The van der Waals surface area contributed by atoms with Gasteiger partial charge in [-0.05, 0) is 25.3 Å². The van der Waals surface area contributed by atoms with E-state index in [2.05, 4.69) is 10.3 Å². The van der Waals surface area contributed by atoms with Crippen molar-refractivity contribution in [3.05, 3.63) is 39.4 Å². The van der Waals surface area contributed by atoms with Crippen LogP contribution in [0.25, 0.3) is 0 Å². The molecule has 1 aromatic rings. The van der Waals surface area contributed by atoms with E-state index in [0.717, 1.165) is 36.3 Å². The second-order valence-corrected chi connectivity index (χ2v) is 4.81. The highest BCUT2D eigenvalue weighted by Gasteiger charge is 2.13. The van der Waals surface area contributed by atoms with E-state index in [1.807, 2.05) is 6.07 Å². The van der Waals surface area contributed by atoms with Gasteiger partial charge in [-0.3, -0.25) is 15.1 Å². The summed E-state index contributed by atoms with van der Waals surface area (Å²) in [5.74, 6) is 1.03. The summed E-state index contributed by atoms with van der Waals surface area (Å²) in [4.78, 5) is 15.1. The number of nitrogens with zero attached hydrogens (tertiary/aromatic N) is 2. The average molecular weight is 261 g/mol. The second kappa shape index (κ2) is 6.31. The largest absolute Gasteiger partial charge is 0.370 e. The molecular formula is C14H19N3O2. The Morgan fingerprint density at radius 2 is 2.21 bits per heavy atom. The van der Waals surface area contributed by atoms with Crippen molar-refractivity contribution in [1.82, 2.24) is 5.32 Å². The average Bonchev–Trinajstić information content (AvgIpc) is 2.66. The lowest BCUT2D eigenvalue weighted by molar-refractivity contribution is -0.385. The van der Waals surface area contributed by atoms with E-state index >= 15 is 0 Å². The van der Waals surface area contributed by atoms with Crippen LogP contribution in [-0.2, 0) is 6.54 Å². The first-order valence-electron chi connectivity index (χ1n) is 6.68. The highest BCUT2D eigenvalue weighted by Crippen LogP contribution is 2.21. The lowest BCUT2D eigenvalue weighted by Gasteiger charge is -2.10. The molecule has 0 bridgehead atoms. The Balaban J connectivity index is 2.05. The number of aliphatic imine (C=N–C) groups is 1. The maximum Gasteiger partial charge on any atom is 0.272 e. The number of nitro benzene ring substituents is 1. The molecule has 0 spiro atoms. The molecule has 0 aromatic heterocycles. The molecule has 1 N–H and O–H groups in total. The van der Waals surface area contributed by atoms with Crippen molar-refractivity contribution >= 4 is 11.5 Å². The van der Waals surface area contributed by atoms with Gasteiger partial charge in [-0.15, -0.1) is 0 Å².